The number of hydrogen-bond donors (Lipinski definition) is 1. The molecule has 3 aromatic rings. The van der Waals surface area contributed by atoms with Gasteiger partial charge >= 0.3 is 0 Å². The number of aryl methyl sites for hydroxylation is 1. The minimum atomic E-state index is -4.03. The van der Waals surface area contributed by atoms with E-state index in [-0.39, 0.29) is 17.4 Å². The molecule has 3 aromatic carbocycles. The van der Waals surface area contributed by atoms with Crippen LogP contribution in [0.1, 0.15) is 36.5 Å². The van der Waals surface area contributed by atoms with Crippen molar-refractivity contribution in [3.63, 3.8) is 0 Å². The molecule has 34 heavy (non-hydrogen) atoms. The smallest absolute Gasteiger partial charge is 0.243 e. The quantitative estimate of drug-likeness (QED) is 0.338. The predicted molar refractivity (Wildman–Crippen MR) is 139 cm³/mol. The first-order chi connectivity index (χ1) is 16.0. The van der Waals surface area contributed by atoms with Gasteiger partial charge in [0.25, 0.3) is 0 Å². The van der Waals surface area contributed by atoms with Crippen LogP contribution in [0.25, 0.3) is 0 Å². The minimum absolute atomic E-state index is 0.0310. The van der Waals surface area contributed by atoms with Crippen molar-refractivity contribution in [2.75, 3.05) is 11.9 Å². The van der Waals surface area contributed by atoms with E-state index in [0.717, 1.165) is 15.4 Å². The average molecular weight is 540 g/mol. The SMILES string of the molecule is Cc1cccc(C(C)C)c1NC(=O)CN(Cc1ccc(Cl)c(Cl)c1)S(=O)(=O)c1ccc(Cl)cc1. The first-order valence-electron chi connectivity index (χ1n) is 10.6. The van der Waals surface area contributed by atoms with Crippen LogP contribution in [-0.2, 0) is 21.4 Å². The molecule has 0 spiro atoms. The van der Waals surface area contributed by atoms with Crippen LogP contribution in [0.3, 0.4) is 0 Å². The summed E-state index contributed by atoms with van der Waals surface area (Å²) in [6.07, 6.45) is 0. The van der Waals surface area contributed by atoms with Gasteiger partial charge in [-0.25, -0.2) is 8.42 Å². The number of anilines is 1. The number of amides is 1. The molecule has 0 fully saturated rings. The topological polar surface area (TPSA) is 66.5 Å². The Morgan fingerprint density at radius 2 is 1.65 bits per heavy atom. The number of para-hydroxylation sites is 1. The fourth-order valence-electron chi connectivity index (χ4n) is 3.50. The summed E-state index contributed by atoms with van der Waals surface area (Å²) in [6, 6.07) is 16.5. The first kappa shape index (κ1) is 26.5. The van der Waals surface area contributed by atoms with Gasteiger partial charge in [-0.2, -0.15) is 4.31 Å². The van der Waals surface area contributed by atoms with Gasteiger partial charge in [0.2, 0.25) is 15.9 Å². The van der Waals surface area contributed by atoms with Crippen molar-refractivity contribution in [2.45, 2.75) is 38.1 Å². The molecular weight excluding hydrogens is 515 g/mol. The molecule has 0 unspecified atom stereocenters. The van der Waals surface area contributed by atoms with Gasteiger partial charge in [0.1, 0.15) is 0 Å². The summed E-state index contributed by atoms with van der Waals surface area (Å²) in [5.74, 6) is -0.269. The summed E-state index contributed by atoms with van der Waals surface area (Å²) in [5.41, 5.74) is 3.17. The number of nitrogens with one attached hydrogen (secondary N) is 1. The Morgan fingerprint density at radius 3 is 2.26 bits per heavy atom. The second-order valence-electron chi connectivity index (χ2n) is 8.22. The van der Waals surface area contributed by atoms with Crippen LogP contribution in [0.15, 0.2) is 65.6 Å². The Labute approximate surface area is 215 Å². The van der Waals surface area contributed by atoms with Gasteiger partial charge in [-0.3, -0.25) is 4.79 Å². The minimum Gasteiger partial charge on any atom is -0.324 e. The number of carbonyl (C=O) groups excluding carboxylic acids is 1. The third kappa shape index (κ3) is 6.32. The molecule has 0 atom stereocenters. The number of sulfonamides is 1. The molecule has 180 valence electrons. The van der Waals surface area contributed by atoms with Crippen LogP contribution in [0.2, 0.25) is 15.1 Å². The molecule has 1 N–H and O–H groups in total. The van der Waals surface area contributed by atoms with E-state index in [4.69, 9.17) is 34.8 Å². The fourth-order valence-corrected chi connectivity index (χ4v) is 5.34. The Morgan fingerprint density at radius 1 is 0.971 bits per heavy atom. The van der Waals surface area contributed by atoms with E-state index >= 15 is 0 Å². The summed E-state index contributed by atoms with van der Waals surface area (Å²) in [5, 5.41) is 3.98. The van der Waals surface area contributed by atoms with E-state index in [1.165, 1.54) is 24.3 Å². The molecule has 5 nitrogen and oxygen atoms in total. The normalized spacial score (nSPS) is 11.8. The molecule has 9 heteroatoms. The van der Waals surface area contributed by atoms with Crippen LogP contribution in [0.4, 0.5) is 5.69 Å². The predicted octanol–water partition coefficient (Wildman–Crippen LogP) is 6.91. The third-order valence-electron chi connectivity index (χ3n) is 5.31. The van der Waals surface area contributed by atoms with Crippen LogP contribution in [-0.4, -0.2) is 25.2 Å². The third-order valence-corrected chi connectivity index (χ3v) is 8.10. The maximum atomic E-state index is 13.5. The highest BCUT2D eigenvalue weighted by Gasteiger charge is 2.28. The molecule has 1 amide bonds. The standard InChI is InChI=1S/C25H25Cl3N2O3S/c1-16(2)21-6-4-5-17(3)25(21)29-24(31)15-30(14-18-7-12-22(27)23(28)13-18)34(32,33)20-10-8-19(26)9-11-20/h4-13,16H,14-15H2,1-3H3,(H,29,31). The van der Waals surface area contributed by atoms with Gasteiger partial charge in [-0.1, -0.05) is 72.9 Å². The van der Waals surface area contributed by atoms with Crippen molar-refractivity contribution < 1.29 is 13.2 Å². The van der Waals surface area contributed by atoms with Gasteiger partial charge in [-0.05, 0) is 65.9 Å². The lowest BCUT2D eigenvalue weighted by atomic mass is 9.98. The van der Waals surface area contributed by atoms with Gasteiger partial charge in [0.05, 0.1) is 21.5 Å². The Bertz CT molecular complexity index is 1290. The molecule has 3 rings (SSSR count). The van der Waals surface area contributed by atoms with Crippen molar-refractivity contribution >= 4 is 56.4 Å². The molecule has 0 aliphatic carbocycles. The van der Waals surface area contributed by atoms with Gasteiger partial charge in [0.15, 0.2) is 0 Å². The lowest BCUT2D eigenvalue weighted by Gasteiger charge is -2.23. The highest BCUT2D eigenvalue weighted by atomic mass is 35.5. The highest BCUT2D eigenvalue weighted by Crippen LogP contribution is 2.28. The fraction of sp³-hybridized carbons (Fsp3) is 0.240. The lowest BCUT2D eigenvalue weighted by Crippen LogP contribution is -2.37. The van der Waals surface area contributed by atoms with E-state index in [9.17, 15) is 13.2 Å². The molecule has 0 bridgehead atoms. The molecule has 0 aliphatic rings. The zero-order chi connectivity index (χ0) is 25.0. The lowest BCUT2D eigenvalue weighted by molar-refractivity contribution is -0.116. The summed E-state index contributed by atoms with van der Waals surface area (Å²) >= 11 is 18.1. The number of carbonyl (C=O) groups is 1. The van der Waals surface area contributed by atoms with Crippen LogP contribution in [0.5, 0.6) is 0 Å². The Kier molecular flexibility index (Phi) is 8.66. The molecule has 0 saturated heterocycles. The second kappa shape index (κ2) is 11.1. The van der Waals surface area contributed by atoms with E-state index in [1.54, 1.807) is 18.2 Å². The van der Waals surface area contributed by atoms with Crippen LogP contribution >= 0.6 is 34.8 Å². The van der Waals surface area contributed by atoms with Crippen molar-refractivity contribution in [2.24, 2.45) is 0 Å². The van der Waals surface area contributed by atoms with Gasteiger partial charge < -0.3 is 5.32 Å². The van der Waals surface area contributed by atoms with Crippen molar-refractivity contribution in [3.8, 4) is 0 Å². The maximum absolute atomic E-state index is 13.5. The number of halogens is 3. The second-order valence-corrected chi connectivity index (χ2v) is 11.4. The van der Waals surface area contributed by atoms with E-state index < -0.39 is 22.5 Å². The zero-order valence-electron chi connectivity index (χ0n) is 19.0. The van der Waals surface area contributed by atoms with Crippen molar-refractivity contribution in [3.05, 3.63) is 92.4 Å². The average Bonchev–Trinajstić information content (AvgIpc) is 2.77. The summed E-state index contributed by atoms with van der Waals surface area (Å²) in [6.45, 7) is 5.51. The van der Waals surface area contributed by atoms with E-state index in [2.05, 4.69) is 5.32 Å². The summed E-state index contributed by atoms with van der Waals surface area (Å²) < 4.78 is 28.1. The zero-order valence-corrected chi connectivity index (χ0v) is 22.1. The highest BCUT2D eigenvalue weighted by molar-refractivity contribution is 7.89. The Balaban J connectivity index is 1.94. The first-order valence-corrected chi connectivity index (χ1v) is 13.2. The van der Waals surface area contributed by atoms with Crippen LogP contribution in [0, 0.1) is 6.92 Å². The number of rotatable bonds is 8. The van der Waals surface area contributed by atoms with Crippen molar-refractivity contribution in [1.29, 1.82) is 0 Å². The summed E-state index contributed by atoms with van der Waals surface area (Å²) in [7, 11) is -4.03. The number of hydrogen-bond acceptors (Lipinski definition) is 3. The number of benzene rings is 3. The van der Waals surface area contributed by atoms with Gasteiger partial charge in [-0.15, -0.1) is 0 Å². The van der Waals surface area contributed by atoms with Crippen molar-refractivity contribution in [1.82, 2.24) is 4.31 Å². The molecule has 0 saturated carbocycles. The van der Waals surface area contributed by atoms with Gasteiger partial charge in [0, 0.05) is 17.3 Å². The van der Waals surface area contributed by atoms with Crippen LogP contribution < -0.4 is 5.32 Å². The molecule has 0 heterocycles. The number of nitrogens with zero attached hydrogens (tertiary/aromatic N) is 1. The molecule has 0 aromatic heterocycles. The summed E-state index contributed by atoms with van der Waals surface area (Å²) in [4.78, 5) is 13.1. The van der Waals surface area contributed by atoms with E-state index in [0.29, 0.717) is 26.3 Å². The largest absolute Gasteiger partial charge is 0.324 e. The maximum Gasteiger partial charge on any atom is 0.243 e. The monoisotopic (exact) mass is 538 g/mol. The molecular formula is C25H25Cl3N2O3S. The molecule has 0 radical (unpaired) electrons. The Hall–Kier alpha value is -2.09. The van der Waals surface area contributed by atoms with E-state index in [1.807, 2.05) is 39.0 Å². The molecule has 0 aliphatic heterocycles.